The topological polar surface area (TPSA) is 58.6 Å². The lowest BCUT2D eigenvalue weighted by molar-refractivity contribution is -0.132. The normalized spacial score (nSPS) is 16.4. The first-order chi connectivity index (χ1) is 13.2. The van der Waals surface area contributed by atoms with E-state index in [4.69, 9.17) is 4.74 Å². The number of carbonyl (C=O) groups excluding carboxylic acids is 2. The number of anilines is 1. The highest BCUT2D eigenvalue weighted by atomic mass is 16.5. The van der Waals surface area contributed by atoms with Crippen LogP contribution in [0.15, 0.2) is 54.6 Å². The summed E-state index contributed by atoms with van der Waals surface area (Å²) in [5.74, 6) is -0.107. The summed E-state index contributed by atoms with van der Waals surface area (Å²) in [5, 5.41) is 2.89. The number of para-hydroxylation sites is 1. The maximum atomic E-state index is 12.6. The minimum atomic E-state index is -0.609. The first-order valence-electron chi connectivity index (χ1n) is 9.55. The van der Waals surface area contributed by atoms with Crippen molar-refractivity contribution in [3.05, 3.63) is 60.2 Å². The molecule has 0 radical (unpaired) electrons. The Kier molecular flexibility index (Phi) is 6.47. The number of amides is 2. The van der Waals surface area contributed by atoms with Crippen molar-refractivity contribution in [1.82, 2.24) is 5.32 Å². The van der Waals surface area contributed by atoms with Gasteiger partial charge in [-0.25, -0.2) is 0 Å². The summed E-state index contributed by atoms with van der Waals surface area (Å²) in [6.45, 7) is 3.82. The van der Waals surface area contributed by atoms with Crippen molar-refractivity contribution in [2.75, 3.05) is 18.1 Å². The number of carbonyl (C=O) groups is 2. The highest BCUT2D eigenvalue weighted by molar-refractivity contribution is 6.09. The Labute approximate surface area is 160 Å². The van der Waals surface area contributed by atoms with Crippen molar-refractivity contribution in [2.45, 2.75) is 32.7 Å². The Morgan fingerprint density at radius 2 is 1.89 bits per heavy atom. The van der Waals surface area contributed by atoms with E-state index in [1.807, 2.05) is 54.6 Å². The van der Waals surface area contributed by atoms with Gasteiger partial charge in [-0.3, -0.25) is 9.59 Å². The van der Waals surface area contributed by atoms with Crippen LogP contribution in [0.5, 0.6) is 5.75 Å². The van der Waals surface area contributed by atoms with E-state index < -0.39 is 5.92 Å². The maximum Gasteiger partial charge on any atom is 0.239 e. The van der Waals surface area contributed by atoms with Gasteiger partial charge in [-0.15, -0.1) is 0 Å². The van der Waals surface area contributed by atoms with Gasteiger partial charge in [-0.2, -0.15) is 0 Å². The van der Waals surface area contributed by atoms with Gasteiger partial charge in [0.25, 0.3) is 0 Å². The van der Waals surface area contributed by atoms with Crippen molar-refractivity contribution >= 4 is 17.5 Å². The van der Waals surface area contributed by atoms with Gasteiger partial charge in [0, 0.05) is 18.8 Å². The van der Waals surface area contributed by atoms with Crippen LogP contribution in [0.3, 0.4) is 0 Å². The molecule has 1 saturated heterocycles. The van der Waals surface area contributed by atoms with Gasteiger partial charge in [0.05, 0.1) is 6.61 Å². The van der Waals surface area contributed by atoms with Crippen LogP contribution in [-0.2, 0) is 16.1 Å². The van der Waals surface area contributed by atoms with Gasteiger partial charge in [0.1, 0.15) is 11.7 Å². The van der Waals surface area contributed by atoms with Gasteiger partial charge < -0.3 is 15.0 Å². The van der Waals surface area contributed by atoms with Gasteiger partial charge >= 0.3 is 0 Å². The zero-order chi connectivity index (χ0) is 19.1. The summed E-state index contributed by atoms with van der Waals surface area (Å²) in [7, 11) is 0. The average molecular weight is 366 g/mol. The zero-order valence-electron chi connectivity index (χ0n) is 15.7. The van der Waals surface area contributed by atoms with Crippen LogP contribution in [0.4, 0.5) is 5.69 Å². The first-order valence-corrected chi connectivity index (χ1v) is 9.55. The van der Waals surface area contributed by atoms with E-state index in [0.29, 0.717) is 26.1 Å². The highest BCUT2D eigenvalue weighted by Gasteiger charge is 2.37. The largest absolute Gasteiger partial charge is 0.494 e. The lowest BCUT2D eigenvalue weighted by Crippen LogP contribution is -2.36. The van der Waals surface area contributed by atoms with Crippen LogP contribution in [0.2, 0.25) is 0 Å². The molecule has 142 valence electrons. The van der Waals surface area contributed by atoms with Crippen molar-refractivity contribution < 1.29 is 14.3 Å². The molecule has 1 N–H and O–H groups in total. The maximum absolute atomic E-state index is 12.6. The zero-order valence-corrected chi connectivity index (χ0v) is 15.7. The number of nitrogens with one attached hydrogen (secondary N) is 1. The number of nitrogens with zero attached hydrogens (tertiary/aromatic N) is 1. The van der Waals surface area contributed by atoms with Crippen LogP contribution in [0.1, 0.15) is 31.7 Å². The molecule has 1 aliphatic rings. The van der Waals surface area contributed by atoms with E-state index in [1.165, 1.54) is 0 Å². The molecule has 1 fully saturated rings. The fraction of sp³-hybridized carbons (Fsp3) is 0.364. The van der Waals surface area contributed by atoms with Crippen molar-refractivity contribution in [1.29, 1.82) is 0 Å². The van der Waals surface area contributed by atoms with Crippen LogP contribution in [0, 0.1) is 5.92 Å². The van der Waals surface area contributed by atoms with Crippen LogP contribution >= 0.6 is 0 Å². The molecule has 0 aliphatic carbocycles. The fourth-order valence-electron chi connectivity index (χ4n) is 3.14. The molecule has 0 aromatic heterocycles. The van der Waals surface area contributed by atoms with E-state index in [2.05, 4.69) is 12.2 Å². The Balaban J connectivity index is 1.50. The van der Waals surface area contributed by atoms with Gasteiger partial charge in [0.15, 0.2) is 0 Å². The number of ether oxygens (including phenoxy) is 1. The molecule has 27 heavy (non-hydrogen) atoms. The Morgan fingerprint density at radius 3 is 2.59 bits per heavy atom. The molecular weight excluding hydrogens is 340 g/mol. The molecule has 0 saturated carbocycles. The quantitative estimate of drug-likeness (QED) is 0.574. The summed E-state index contributed by atoms with van der Waals surface area (Å²) in [6, 6.07) is 17.2. The smallest absolute Gasteiger partial charge is 0.239 e. The van der Waals surface area contributed by atoms with Crippen molar-refractivity contribution in [3.8, 4) is 5.75 Å². The van der Waals surface area contributed by atoms with E-state index in [1.54, 1.807) is 4.90 Å². The highest BCUT2D eigenvalue weighted by Crippen LogP contribution is 2.25. The molecule has 2 aromatic carbocycles. The SMILES string of the molecule is CCCCOc1ccc(CNC(=O)[C@H]2CCN(c3ccccc3)C2=O)cc1. The standard InChI is InChI=1S/C22H26N2O3/c1-2-3-15-27-19-11-9-17(10-12-19)16-23-21(25)20-13-14-24(22(20)26)18-7-5-4-6-8-18/h4-12,20H,2-3,13-16H2,1H3,(H,23,25)/t20-/m1/s1. The van der Waals surface area contributed by atoms with Crippen LogP contribution < -0.4 is 15.0 Å². The van der Waals surface area contributed by atoms with E-state index in [-0.39, 0.29) is 11.8 Å². The molecule has 5 nitrogen and oxygen atoms in total. The number of hydrogen-bond acceptors (Lipinski definition) is 3. The fourth-order valence-corrected chi connectivity index (χ4v) is 3.14. The number of hydrogen-bond donors (Lipinski definition) is 1. The second kappa shape index (κ2) is 9.21. The van der Waals surface area contributed by atoms with E-state index >= 15 is 0 Å². The minimum absolute atomic E-state index is 0.127. The van der Waals surface area contributed by atoms with E-state index in [0.717, 1.165) is 29.8 Å². The number of benzene rings is 2. The van der Waals surface area contributed by atoms with Crippen molar-refractivity contribution in [2.24, 2.45) is 5.92 Å². The summed E-state index contributed by atoms with van der Waals surface area (Å²) in [5.41, 5.74) is 1.83. The van der Waals surface area contributed by atoms with Gasteiger partial charge in [-0.05, 0) is 42.7 Å². The summed E-state index contributed by atoms with van der Waals surface area (Å²) >= 11 is 0. The lowest BCUT2D eigenvalue weighted by Gasteiger charge is -2.16. The lowest BCUT2D eigenvalue weighted by atomic mass is 10.1. The van der Waals surface area contributed by atoms with Gasteiger partial charge in [-0.1, -0.05) is 43.7 Å². The molecule has 2 aromatic rings. The molecule has 3 rings (SSSR count). The molecule has 1 aliphatic heterocycles. The minimum Gasteiger partial charge on any atom is -0.494 e. The second-order valence-electron chi connectivity index (χ2n) is 6.73. The third-order valence-corrected chi connectivity index (χ3v) is 4.75. The molecule has 5 heteroatoms. The number of unbranched alkanes of at least 4 members (excludes halogenated alkanes) is 1. The molecular formula is C22H26N2O3. The summed E-state index contributed by atoms with van der Waals surface area (Å²) in [6.07, 6.45) is 2.68. The average Bonchev–Trinajstić information content (AvgIpc) is 3.09. The molecule has 0 bridgehead atoms. The molecule has 1 heterocycles. The summed E-state index contributed by atoms with van der Waals surface area (Å²) in [4.78, 5) is 26.7. The van der Waals surface area contributed by atoms with Gasteiger partial charge in [0.2, 0.25) is 11.8 Å². The second-order valence-corrected chi connectivity index (χ2v) is 6.73. The Morgan fingerprint density at radius 1 is 1.15 bits per heavy atom. The van der Waals surface area contributed by atoms with Crippen molar-refractivity contribution in [3.63, 3.8) is 0 Å². The first kappa shape index (κ1) is 19.0. The molecule has 1 atom stereocenters. The molecule has 0 spiro atoms. The van der Waals surface area contributed by atoms with Crippen LogP contribution in [-0.4, -0.2) is 25.0 Å². The monoisotopic (exact) mass is 366 g/mol. The third-order valence-electron chi connectivity index (χ3n) is 4.75. The number of rotatable bonds is 8. The predicted octanol–water partition coefficient (Wildman–Crippen LogP) is 3.53. The Hall–Kier alpha value is -2.82. The molecule has 2 amide bonds. The Bertz CT molecular complexity index is 759. The predicted molar refractivity (Wildman–Crippen MR) is 106 cm³/mol. The third kappa shape index (κ3) is 4.88. The van der Waals surface area contributed by atoms with Crippen LogP contribution in [0.25, 0.3) is 0 Å². The van der Waals surface area contributed by atoms with E-state index in [9.17, 15) is 9.59 Å². The summed E-state index contributed by atoms with van der Waals surface area (Å²) < 4.78 is 5.64. The molecule has 0 unspecified atom stereocenters.